The van der Waals surface area contributed by atoms with Crippen molar-refractivity contribution in [3.05, 3.63) is 28.3 Å². The van der Waals surface area contributed by atoms with E-state index in [9.17, 15) is 5.11 Å². The van der Waals surface area contributed by atoms with Crippen LogP contribution in [0.15, 0.2) is 6.07 Å². The molecule has 0 bridgehead atoms. The van der Waals surface area contributed by atoms with Crippen molar-refractivity contribution in [1.29, 1.82) is 0 Å². The van der Waals surface area contributed by atoms with Gasteiger partial charge in [-0.3, -0.25) is 0 Å². The lowest BCUT2D eigenvalue weighted by Gasteiger charge is -2.21. The molecule has 0 saturated carbocycles. The Kier molecular flexibility index (Phi) is 7.91. The van der Waals surface area contributed by atoms with Crippen LogP contribution in [0, 0.1) is 20.8 Å². The molecule has 0 aliphatic rings. The first-order valence-corrected chi connectivity index (χ1v) is 8.58. The minimum absolute atomic E-state index is 0.112. The van der Waals surface area contributed by atoms with Crippen LogP contribution >= 0.6 is 0 Å². The van der Waals surface area contributed by atoms with E-state index in [0.29, 0.717) is 0 Å². The van der Waals surface area contributed by atoms with Gasteiger partial charge in [-0.25, -0.2) is 0 Å². The second-order valence-corrected chi connectivity index (χ2v) is 6.33. The third-order valence-electron chi connectivity index (χ3n) is 4.48. The lowest BCUT2D eigenvalue weighted by atomic mass is 9.91. The first-order valence-electron chi connectivity index (χ1n) is 8.58. The van der Waals surface area contributed by atoms with Crippen molar-refractivity contribution in [2.24, 2.45) is 5.73 Å². The van der Waals surface area contributed by atoms with Gasteiger partial charge in [0.25, 0.3) is 0 Å². The zero-order valence-electron chi connectivity index (χ0n) is 14.9. The molecular formula is C19H33NO2. The summed E-state index contributed by atoms with van der Waals surface area (Å²) in [6.45, 7) is 11.4. The van der Waals surface area contributed by atoms with E-state index in [2.05, 4.69) is 40.7 Å². The highest BCUT2D eigenvalue weighted by molar-refractivity contribution is 5.48. The van der Waals surface area contributed by atoms with E-state index >= 15 is 0 Å². The van der Waals surface area contributed by atoms with E-state index in [1.807, 2.05) is 0 Å². The predicted molar refractivity (Wildman–Crippen MR) is 93.7 cm³/mol. The van der Waals surface area contributed by atoms with Crippen LogP contribution < -0.4 is 10.5 Å². The Labute approximate surface area is 135 Å². The fraction of sp³-hybridized carbons (Fsp3) is 0.684. The van der Waals surface area contributed by atoms with E-state index in [1.165, 1.54) is 22.3 Å². The van der Waals surface area contributed by atoms with Gasteiger partial charge in [0.1, 0.15) is 5.75 Å². The van der Waals surface area contributed by atoms with Gasteiger partial charge < -0.3 is 15.6 Å². The predicted octanol–water partition coefficient (Wildman–Crippen LogP) is 3.82. The summed E-state index contributed by atoms with van der Waals surface area (Å²) in [5.74, 6) is 0.990. The summed E-state index contributed by atoms with van der Waals surface area (Å²) in [6, 6.07) is 2.02. The summed E-state index contributed by atoms with van der Waals surface area (Å²) in [5.41, 5.74) is 11.1. The second-order valence-electron chi connectivity index (χ2n) is 6.33. The summed E-state index contributed by atoms with van der Waals surface area (Å²) in [4.78, 5) is 0. The monoisotopic (exact) mass is 307 g/mol. The molecule has 2 atom stereocenters. The molecule has 3 N–H and O–H groups in total. The Bertz CT molecular complexity index is 471. The highest BCUT2D eigenvalue weighted by Gasteiger charge is 2.16. The van der Waals surface area contributed by atoms with E-state index in [4.69, 9.17) is 10.5 Å². The zero-order valence-corrected chi connectivity index (χ0v) is 14.9. The molecule has 0 amide bonds. The van der Waals surface area contributed by atoms with Crippen LogP contribution in [0.4, 0.5) is 0 Å². The molecule has 3 heteroatoms. The van der Waals surface area contributed by atoms with E-state index < -0.39 is 6.10 Å². The molecule has 2 unspecified atom stereocenters. The number of aliphatic hydroxyl groups is 1. The maximum Gasteiger partial charge on any atom is 0.122 e. The Hall–Kier alpha value is -1.06. The number of benzene rings is 1. The molecule has 22 heavy (non-hydrogen) atoms. The Morgan fingerprint density at radius 2 is 1.77 bits per heavy atom. The first kappa shape index (κ1) is 19.0. The molecule has 0 radical (unpaired) electrons. The van der Waals surface area contributed by atoms with Crippen molar-refractivity contribution in [1.82, 2.24) is 0 Å². The van der Waals surface area contributed by atoms with Gasteiger partial charge in [0.15, 0.2) is 0 Å². The SMILES string of the molecule is CCCOc1cc(C)c(CCC(O)C(N)CCC)c(C)c1C. The van der Waals surface area contributed by atoms with Gasteiger partial charge in [-0.1, -0.05) is 20.3 Å². The zero-order chi connectivity index (χ0) is 16.7. The molecule has 0 aliphatic carbocycles. The molecule has 126 valence electrons. The lowest BCUT2D eigenvalue weighted by Crippen LogP contribution is -2.34. The number of aryl methyl sites for hydroxylation is 1. The third kappa shape index (κ3) is 4.99. The largest absolute Gasteiger partial charge is 0.493 e. The number of rotatable bonds is 9. The molecule has 3 nitrogen and oxygen atoms in total. The molecule has 1 aromatic carbocycles. The minimum Gasteiger partial charge on any atom is -0.493 e. The van der Waals surface area contributed by atoms with Crippen LogP contribution in [-0.4, -0.2) is 23.9 Å². The molecule has 0 fully saturated rings. The summed E-state index contributed by atoms with van der Waals surface area (Å²) in [7, 11) is 0. The standard InChI is InChI=1S/C19H33NO2/c1-6-8-17(20)18(21)10-9-16-13(3)12-19(22-11-7-2)15(5)14(16)4/h12,17-18,21H,6-11,20H2,1-5H3. The molecule has 0 spiro atoms. The second kappa shape index (κ2) is 9.16. The molecule has 0 aromatic heterocycles. The smallest absolute Gasteiger partial charge is 0.122 e. The average Bonchev–Trinajstić information content (AvgIpc) is 2.49. The molecule has 1 rings (SSSR count). The van der Waals surface area contributed by atoms with Crippen molar-refractivity contribution >= 4 is 0 Å². The van der Waals surface area contributed by atoms with Crippen molar-refractivity contribution < 1.29 is 9.84 Å². The topological polar surface area (TPSA) is 55.5 Å². The Morgan fingerprint density at radius 3 is 2.36 bits per heavy atom. The molecule has 0 heterocycles. The van der Waals surface area contributed by atoms with Gasteiger partial charge in [-0.15, -0.1) is 0 Å². The molecular weight excluding hydrogens is 274 g/mol. The summed E-state index contributed by atoms with van der Waals surface area (Å²) in [6.07, 6.45) is 4.07. The molecule has 1 aromatic rings. The van der Waals surface area contributed by atoms with Crippen molar-refractivity contribution in [2.45, 2.75) is 78.9 Å². The van der Waals surface area contributed by atoms with Gasteiger partial charge in [0, 0.05) is 6.04 Å². The van der Waals surface area contributed by atoms with Gasteiger partial charge in [0.05, 0.1) is 12.7 Å². The van der Waals surface area contributed by atoms with Crippen LogP contribution in [0.5, 0.6) is 5.75 Å². The quantitative estimate of drug-likeness (QED) is 0.729. The summed E-state index contributed by atoms with van der Waals surface area (Å²) < 4.78 is 5.83. The van der Waals surface area contributed by atoms with Crippen LogP contribution in [-0.2, 0) is 6.42 Å². The maximum atomic E-state index is 10.2. The van der Waals surface area contributed by atoms with Gasteiger partial charge in [-0.2, -0.15) is 0 Å². The minimum atomic E-state index is -0.421. The molecule has 0 saturated heterocycles. The number of ether oxygens (including phenoxy) is 1. The normalized spacial score (nSPS) is 14.0. The Balaban J connectivity index is 2.81. The number of nitrogens with two attached hydrogens (primary N) is 1. The van der Waals surface area contributed by atoms with E-state index in [-0.39, 0.29) is 6.04 Å². The van der Waals surface area contributed by atoms with Crippen LogP contribution in [0.3, 0.4) is 0 Å². The van der Waals surface area contributed by atoms with Crippen LogP contribution in [0.2, 0.25) is 0 Å². The highest BCUT2D eigenvalue weighted by Crippen LogP contribution is 2.29. The van der Waals surface area contributed by atoms with Crippen molar-refractivity contribution in [3.8, 4) is 5.75 Å². The highest BCUT2D eigenvalue weighted by atomic mass is 16.5. The first-order chi connectivity index (χ1) is 10.4. The van der Waals surface area contributed by atoms with Gasteiger partial charge in [0.2, 0.25) is 0 Å². The van der Waals surface area contributed by atoms with Crippen LogP contribution in [0.25, 0.3) is 0 Å². The van der Waals surface area contributed by atoms with Gasteiger partial charge >= 0.3 is 0 Å². The summed E-state index contributed by atoms with van der Waals surface area (Å²) in [5, 5.41) is 10.2. The van der Waals surface area contributed by atoms with Crippen molar-refractivity contribution in [3.63, 3.8) is 0 Å². The lowest BCUT2D eigenvalue weighted by molar-refractivity contribution is 0.131. The van der Waals surface area contributed by atoms with Crippen molar-refractivity contribution in [2.75, 3.05) is 6.61 Å². The number of hydrogen-bond donors (Lipinski definition) is 2. The fourth-order valence-electron chi connectivity index (χ4n) is 2.88. The molecule has 0 aliphatic heterocycles. The summed E-state index contributed by atoms with van der Waals surface area (Å²) >= 11 is 0. The number of aliphatic hydroxyl groups excluding tert-OH is 1. The van der Waals surface area contributed by atoms with E-state index in [0.717, 1.165) is 44.5 Å². The number of hydrogen-bond acceptors (Lipinski definition) is 3. The maximum absolute atomic E-state index is 10.2. The third-order valence-corrected chi connectivity index (χ3v) is 4.48. The average molecular weight is 307 g/mol. The Morgan fingerprint density at radius 1 is 1.09 bits per heavy atom. The fourth-order valence-corrected chi connectivity index (χ4v) is 2.88. The van der Waals surface area contributed by atoms with Gasteiger partial charge in [-0.05, 0) is 74.8 Å². The van der Waals surface area contributed by atoms with Crippen LogP contribution in [0.1, 0.15) is 61.8 Å². The van der Waals surface area contributed by atoms with E-state index in [1.54, 1.807) is 0 Å².